The first-order valence-electron chi connectivity index (χ1n) is 8.59. The van der Waals surface area contributed by atoms with Crippen LogP contribution in [-0.2, 0) is 12.8 Å². The van der Waals surface area contributed by atoms with Gasteiger partial charge in [-0.15, -0.1) is 35.3 Å². The molecule has 0 aliphatic rings. The van der Waals surface area contributed by atoms with E-state index in [9.17, 15) is 0 Å². The summed E-state index contributed by atoms with van der Waals surface area (Å²) in [6.45, 7) is 7.43. The number of aliphatic imine (C=N–C) groups is 1. The Bertz CT molecular complexity index is 642. The van der Waals surface area contributed by atoms with Crippen LogP contribution >= 0.6 is 35.3 Å². The van der Waals surface area contributed by atoms with Crippen LogP contribution < -0.4 is 10.6 Å². The lowest BCUT2D eigenvalue weighted by molar-refractivity contribution is 0.550. The minimum absolute atomic E-state index is 0. The third kappa shape index (κ3) is 6.93. The molecule has 2 aromatic rings. The predicted octanol–water partition coefficient (Wildman–Crippen LogP) is 4.22. The van der Waals surface area contributed by atoms with E-state index in [0.717, 1.165) is 25.3 Å². The average Bonchev–Trinajstić information content (AvgIpc) is 3.08. The molecule has 138 valence electrons. The molecule has 1 heterocycles. The molecule has 1 aromatic heterocycles. The summed E-state index contributed by atoms with van der Waals surface area (Å²) in [4.78, 5) is 10.1. The van der Waals surface area contributed by atoms with Gasteiger partial charge in [-0.05, 0) is 18.9 Å². The van der Waals surface area contributed by atoms with E-state index < -0.39 is 0 Å². The lowest BCUT2D eigenvalue weighted by Gasteiger charge is -2.24. The van der Waals surface area contributed by atoms with Gasteiger partial charge in [0, 0.05) is 43.0 Å². The molecule has 0 radical (unpaired) electrons. The molecule has 0 amide bonds. The molecule has 0 bridgehead atoms. The summed E-state index contributed by atoms with van der Waals surface area (Å²) in [6, 6.07) is 10.9. The van der Waals surface area contributed by atoms with Crippen LogP contribution in [0.5, 0.6) is 0 Å². The van der Waals surface area contributed by atoms with Crippen molar-refractivity contribution in [1.82, 2.24) is 15.6 Å². The van der Waals surface area contributed by atoms with Crippen molar-refractivity contribution in [3.05, 3.63) is 52.0 Å². The van der Waals surface area contributed by atoms with Gasteiger partial charge < -0.3 is 10.6 Å². The molecule has 0 fully saturated rings. The first kappa shape index (κ1) is 21.9. The van der Waals surface area contributed by atoms with Gasteiger partial charge in [0.1, 0.15) is 0 Å². The zero-order chi connectivity index (χ0) is 17.4. The summed E-state index contributed by atoms with van der Waals surface area (Å²) < 4.78 is 0. The molecular weight excluding hydrogens is 443 g/mol. The number of nitrogens with zero attached hydrogens (tertiary/aromatic N) is 2. The van der Waals surface area contributed by atoms with Crippen molar-refractivity contribution in [1.29, 1.82) is 0 Å². The lowest BCUT2D eigenvalue weighted by atomic mass is 9.94. The van der Waals surface area contributed by atoms with Crippen LogP contribution in [0.3, 0.4) is 0 Å². The van der Waals surface area contributed by atoms with E-state index in [2.05, 4.69) is 71.7 Å². The number of hydrogen-bond donors (Lipinski definition) is 2. The molecule has 2 N–H and O–H groups in total. The fraction of sp³-hybridized carbons (Fsp3) is 0.474. The third-order valence-corrected chi connectivity index (χ3v) is 5.45. The number of aromatic nitrogens is 1. The Labute approximate surface area is 172 Å². The minimum Gasteiger partial charge on any atom is -0.356 e. The molecule has 6 heteroatoms. The van der Waals surface area contributed by atoms with Crippen molar-refractivity contribution in [2.75, 3.05) is 13.6 Å². The molecule has 0 saturated heterocycles. The first-order chi connectivity index (χ1) is 11.6. The number of benzene rings is 1. The van der Waals surface area contributed by atoms with Crippen molar-refractivity contribution in [3.8, 4) is 0 Å². The number of hydrogen-bond acceptors (Lipinski definition) is 3. The minimum atomic E-state index is 0. The monoisotopic (exact) mass is 472 g/mol. The summed E-state index contributed by atoms with van der Waals surface area (Å²) in [5.41, 5.74) is 1.34. The van der Waals surface area contributed by atoms with E-state index in [1.807, 2.05) is 13.2 Å². The fourth-order valence-corrected chi connectivity index (χ4v) is 3.36. The zero-order valence-corrected chi connectivity index (χ0v) is 18.6. The van der Waals surface area contributed by atoms with E-state index in [1.54, 1.807) is 11.3 Å². The Morgan fingerprint density at radius 2 is 1.96 bits per heavy atom. The van der Waals surface area contributed by atoms with E-state index >= 15 is 0 Å². The summed E-state index contributed by atoms with van der Waals surface area (Å²) in [6.07, 6.45) is 3.97. The third-order valence-electron chi connectivity index (χ3n) is 4.24. The number of rotatable bonds is 7. The second-order valence-electron chi connectivity index (χ2n) is 5.96. The second-order valence-corrected chi connectivity index (χ2v) is 7.15. The van der Waals surface area contributed by atoms with Gasteiger partial charge in [-0.1, -0.05) is 44.2 Å². The van der Waals surface area contributed by atoms with Crippen molar-refractivity contribution in [2.45, 2.75) is 45.6 Å². The largest absolute Gasteiger partial charge is 0.356 e. The second kappa shape index (κ2) is 11.5. The maximum absolute atomic E-state index is 4.46. The van der Waals surface area contributed by atoms with Gasteiger partial charge >= 0.3 is 0 Å². The Morgan fingerprint density at radius 3 is 2.56 bits per heavy atom. The van der Waals surface area contributed by atoms with E-state index in [-0.39, 0.29) is 24.0 Å². The maximum atomic E-state index is 4.46. The fourth-order valence-electron chi connectivity index (χ4n) is 2.50. The molecule has 4 nitrogen and oxygen atoms in total. The van der Waals surface area contributed by atoms with Crippen LogP contribution in [0.1, 0.15) is 42.1 Å². The van der Waals surface area contributed by atoms with Crippen LogP contribution in [0.15, 0.2) is 41.5 Å². The van der Waals surface area contributed by atoms with Crippen molar-refractivity contribution in [3.63, 3.8) is 0 Å². The zero-order valence-electron chi connectivity index (χ0n) is 15.5. The van der Waals surface area contributed by atoms with Crippen LogP contribution in [-0.4, -0.2) is 30.6 Å². The van der Waals surface area contributed by atoms with E-state index in [4.69, 9.17) is 0 Å². The van der Waals surface area contributed by atoms with Crippen LogP contribution in [0.4, 0.5) is 0 Å². The molecule has 0 aliphatic carbocycles. The Morgan fingerprint density at radius 1 is 1.24 bits per heavy atom. The highest BCUT2D eigenvalue weighted by Crippen LogP contribution is 2.18. The lowest BCUT2D eigenvalue weighted by Crippen LogP contribution is -2.44. The van der Waals surface area contributed by atoms with Gasteiger partial charge in [-0.3, -0.25) is 4.99 Å². The molecule has 2 unspecified atom stereocenters. The summed E-state index contributed by atoms with van der Waals surface area (Å²) in [7, 11) is 1.81. The molecule has 2 rings (SSSR count). The van der Waals surface area contributed by atoms with Gasteiger partial charge in [-0.2, -0.15) is 0 Å². The summed E-state index contributed by atoms with van der Waals surface area (Å²) >= 11 is 1.80. The quantitative estimate of drug-likeness (QED) is 0.361. The number of guanidine groups is 1. The van der Waals surface area contributed by atoms with Gasteiger partial charge in [0.15, 0.2) is 5.96 Å². The molecule has 0 aliphatic heterocycles. The highest BCUT2D eigenvalue weighted by molar-refractivity contribution is 14.0. The van der Waals surface area contributed by atoms with Gasteiger partial charge in [0.2, 0.25) is 0 Å². The maximum Gasteiger partial charge on any atom is 0.191 e. The highest BCUT2D eigenvalue weighted by atomic mass is 127. The SMILES string of the molecule is CCc1cnc(CCNC(=NC)NC(C)C(C)c2ccccc2)s1.I. The first-order valence-corrected chi connectivity index (χ1v) is 9.41. The van der Waals surface area contributed by atoms with Crippen molar-refractivity contribution in [2.24, 2.45) is 4.99 Å². The number of halogens is 1. The standard InChI is InChI=1S/C19H28N4S.HI/c1-5-17-13-22-18(24-17)11-12-21-19(20-4)23-15(3)14(2)16-9-7-6-8-10-16;/h6-10,13-15H,5,11-12H2,1-4H3,(H2,20,21,23);1H. The van der Waals surface area contributed by atoms with E-state index in [0.29, 0.717) is 12.0 Å². The Hall–Kier alpha value is -1.15. The number of aryl methyl sites for hydroxylation is 1. The smallest absolute Gasteiger partial charge is 0.191 e. The molecule has 0 spiro atoms. The molecular formula is C19H29IN4S. The Kier molecular flexibility index (Phi) is 10.0. The molecule has 1 aromatic carbocycles. The van der Waals surface area contributed by atoms with Crippen molar-refractivity contribution >= 4 is 41.3 Å². The number of nitrogens with one attached hydrogen (secondary N) is 2. The van der Waals surface area contributed by atoms with Crippen LogP contribution in [0, 0.1) is 0 Å². The highest BCUT2D eigenvalue weighted by Gasteiger charge is 2.15. The topological polar surface area (TPSA) is 49.3 Å². The van der Waals surface area contributed by atoms with Crippen LogP contribution in [0.2, 0.25) is 0 Å². The Balaban J connectivity index is 0.00000312. The average molecular weight is 472 g/mol. The van der Waals surface area contributed by atoms with Crippen LogP contribution in [0.25, 0.3) is 0 Å². The van der Waals surface area contributed by atoms with Gasteiger partial charge in [-0.25, -0.2) is 4.98 Å². The molecule has 25 heavy (non-hydrogen) atoms. The predicted molar refractivity (Wildman–Crippen MR) is 119 cm³/mol. The molecule has 2 atom stereocenters. The summed E-state index contributed by atoms with van der Waals surface area (Å²) in [5, 5.41) is 8.06. The normalized spacial score (nSPS) is 13.7. The molecule has 0 saturated carbocycles. The van der Waals surface area contributed by atoms with E-state index in [1.165, 1.54) is 15.4 Å². The summed E-state index contributed by atoms with van der Waals surface area (Å²) in [5.74, 6) is 1.26. The van der Waals surface area contributed by atoms with Crippen molar-refractivity contribution < 1.29 is 0 Å². The van der Waals surface area contributed by atoms with Gasteiger partial charge in [0.05, 0.1) is 5.01 Å². The van der Waals surface area contributed by atoms with Gasteiger partial charge in [0.25, 0.3) is 0 Å². The number of thiazole rings is 1.